The highest BCUT2D eigenvalue weighted by molar-refractivity contribution is 5.81. The van der Waals surface area contributed by atoms with Crippen molar-refractivity contribution in [1.82, 2.24) is 14.5 Å². The van der Waals surface area contributed by atoms with Crippen LogP contribution >= 0.6 is 0 Å². The largest absolute Gasteiger partial charge is 0.349 e. The number of fused-ring (bicyclic) bond motifs is 1. The molecule has 2 aromatic heterocycles. The van der Waals surface area contributed by atoms with E-state index in [1.54, 1.807) is 0 Å². The number of carbonyl (C=O) groups excluding carboxylic acids is 1. The van der Waals surface area contributed by atoms with E-state index in [4.69, 9.17) is 0 Å². The van der Waals surface area contributed by atoms with Crippen molar-refractivity contribution in [2.45, 2.75) is 44.4 Å². The first-order chi connectivity index (χ1) is 11.2. The van der Waals surface area contributed by atoms with Gasteiger partial charge in [-0.2, -0.15) is 0 Å². The van der Waals surface area contributed by atoms with Crippen molar-refractivity contribution in [3.63, 3.8) is 0 Å². The second-order valence-corrected chi connectivity index (χ2v) is 7.15. The number of aromatic nitrogens is 2. The maximum atomic E-state index is 12.6. The first-order valence-electron chi connectivity index (χ1n) is 8.93. The highest BCUT2D eigenvalue weighted by atomic mass is 16.2. The van der Waals surface area contributed by atoms with Gasteiger partial charge in [0.15, 0.2) is 0 Å². The van der Waals surface area contributed by atoms with Gasteiger partial charge < -0.3 is 9.47 Å². The number of nitrogens with zero attached hydrogens (tertiary/aromatic N) is 3. The van der Waals surface area contributed by atoms with Crippen LogP contribution in [0.5, 0.6) is 0 Å². The summed E-state index contributed by atoms with van der Waals surface area (Å²) in [5.41, 5.74) is 3.69. The van der Waals surface area contributed by atoms with Gasteiger partial charge in [-0.15, -0.1) is 0 Å². The normalized spacial score (nSPS) is 20.5. The molecule has 0 spiro atoms. The minimum Gasteiger partial charge on any atom is -0.349 e. The molecule has 0 atom stereocenters. The van der Waals surface area contributed by atoms with Crippen LogP contribution in [0.1, 0.15) is 50.0 Å². The van der Waals surface area contributed by atoms with Gasteiger partial charge in [0.2, 0.25) is 5.91 Å². The Morgan fingerprint density at radius 3 is 2.65 bits per heavy atom. The summed E-state index contributed by atoms with van der Waals surface area (Å²) in [5.74, 6) is 1.25. The summed E-state index contributed by atoms with van der Waals surface area (Å²) in [7, 11) is 2.09. The molecule has 1 aliphatic heterocycles. The molecule has 4 rings (SSSR count). The topological polar surface area (TPSA) is 38.1 Å². The number of aryl methyl sites for hydroxylation is 1. The summed E-state index contributed by atoms with van der Waals surface area (Å²) in [6.07, 6.45) is 10.9. The van der Waals surface area contributed by atoms with Crippen LogP contribution in [-0.2, 0) is 11.8 Å². The number of hydrogen-bond acceptors (Lipinski definition) is 2. The summed E-state index contributed by atoms with van der Waals surface area (Å²) in [5, 5.41) is 0. The molecule has 0 radical (unpaired) electrons. The zero-order valence-electron chi connectivity index (χ0n) is 13.9. The average Bonchev–Trinajstić information content (AvgIpc) is 3.23. The summed E-state index contributed by atoms with van der Waals surface area (Å²) in [4.78, 5) is 19.3. The van der Waals surface area contributed by atoms with Crippen LogP contribution in [0.15, 0.2) is 24.5 Å². The zero-order valence-corrected chi connectivity index (χ0v) is 13.9. The number of likely N-dealkylation sites (tertiary alicyclic amines) is 1. The molecule has 0 N–H and O–H groups in total. The zero-order chi connectivity index (χ0) is 15.8. The lowest BCUT2D eigenvalue weighted by molar-refractivity contribution is -0.136. The molecule has 122 valence electrons. The van der Waals surface area contributed by atoms with E-state index in [0.717, 1.165) is 44.3 Å². The lowest BCUT2D eigenvalue weighted by Gasteiger charge is -2.33. The molecule has 0 aromatic carbocycles. The van der Waals surface area contributed by atoms with Gasteiger partial charge in [0, 0.05) is 38.4 Å². The molecule has 1 aliphatic carbocycles. The Kier molecular flexibility index (Phi) is 3.83. The molecule has 3 heterocycles. The third-order valence-electron chi connectivity index (χ3n) is 5.72. The van der Waals surface area contributed by atoms with E-state index in [9.17, 15) is 4.79 Å². The number of amides is 1. The highest BCUT2D eigenvalue weighted by Crippen LogP contribution is 2.34. The molecule has 4 nitrogen and oxygen atoms in total. The summed E-state index contributed by atoms with van der Waals surface area (Å²) < 4.78 is 2.17. The number of pyridine rings is 1. The third kappa shape index (κ3) is 2.64. The minimum atomic E-state index is 0.311. The Morgan fingerprint density at radius 1 is 1.17 bits per heavy atom. The Bertz CT molecular complexity index is 706. The van der Waals surface area contributed by atoms with E-state index in [2.05, 4.69) is 33.8 Å². The van der Waals surface area contributed by atoms with Gasteiger partial charge in [0.05, 0.1) is 11.0 Å². The van der Waals surface area contributed by atoms with Crippen molar-refractivity contribution >= 4 is 16.9 Å². The molecule has 0 unspecified atom stereocenters. The van der Waals surface area contributed by atoms with Crippen molar-refractivity contribution in [3.05, 3.63) is 30.1 Å². The molecular weight excluding hydrogens is 286 g/mol. The van der Waals surface area contributed by atoms with Gasteiger partial charge in [0.1, 0.15) is 0 Å². The summed E-state index contributed by atoms with van der Waals surface area (Å²) in [6, 6.07) is 4.12. The average molecular weight is 311 g/mol. The molecule has 4 heteroatoms. The molecule has 23 heavy (non-hydrogen) atoms. The lowest BCUT2D eigenvalue weighted by atomic mass is 9.89. The molecule has 1 amide bonds. The maximum absolute atomic E-state index is 12.6. The summed E-state index contributed by atoms with van der Waals surface area (Å²) in [6.45, 7) is 1.81. The predicted octanol–water partition coefficient (Wildman–Crippen LogP) is 3.47. The minimum absolute atomic E-state index is 0.311. The van der Waals surface area contributed by atoms with Crippen molar-refractivity contribution in [2.24, 2.45) is 13.0 Å². The van der Waals surface area contributed by atoms with E-state index in [-0.39, 0.29) is 0 Å². The fourth-order valence-electron chi connectivity index (χ4n) is 4.38. The van der Waals surface area contributed by atoms with Crippen LogP contribution in [-0.4, -0.2) is 33.4 Å². The molecule has 1 saturated carbocycles. The van der Waals surface area contributed by atoms with Crippen LogP contribution in [0, 0.1) is 5.92 Å². The van der Waals surface area contributed by atoms with Crippen LogP contribution in [0.2, 0.25) is 0 Å². The number of carbonyl (C=O) groups is 1. The maximum Gasteiger partial charge on any atom is 0.225 e. The van der Waals surface area contributed by atoms with E-state index in [0.29, 0.717) is 17.7 Å². The molecule has 1 saturated heterocycles. The Labute approximate surface area is 137 Å². The quantitative estimate of drug-likeness (QED) is 0.852. The van der Waals surface area contributed by atoms with E-state index in [1.165, 1.54) is 23.9 Å². The first-order valence-corrected chi connectivity index (χ1v) is 8.93. The number of hydrogen-bond donors (Lipinski definition) is 0. The monoisotopic (exact) mass is 311 g/mol. The SMILES string of the molecule is Cn1cc(C2CCN(C(=O)C3CCCC3)CC2)c2ncccc21. The first kappa shape index (κ1) is 14.7. The second-order valence-electron chi connectivity index (χ2n) is 7.15. The van der Waals surface area contributed by atoms with E-state index < -0.39 is 0 Å². The molecule has 2 aliphatic rings. The molecular formula is C19H25N3O. The highest BCUT2D eigenvalue weighted by Gasteiger charge is 2.31. The fraction of sp³-hybridized carbons (Fsp3) is 0.579. The van der Waals surface area contributed by atoms with Gasteiger partial charge in [-0.3, -0.25) is 9.78 Å². The molecule has 2 fully saturated rings. The van der Waals surface area contributed by atoms with Crippen LogP contribution in [0.3, 0.4) is 0 Å². The van der Waals surface area contributed by atoms with Crippen molar-refractivity contribution in [3.8, 4) is 0 Å². The van der Waals surface area contributed by atoms with Crippen LogP contribution in [0.25, 0.3) is 11.0 Å². The van der Waals surface area contributed by atoms with Gasteiger partial charge in [-0.1, -0.05) is 12.8 Å². The third-order valence-corrected chi connectivity index (χ3v) is 5.72. The fourth-order valence-corrected chi connectivity index (χ4v) is 4.38. The van der Waals surface area contributed by atoms with E-state index in [1.807, 2.05) is 12.3 Å². The summed E-state index contributed by atoms with van der Waals surface area (Å²) >= 11 is 0. The van der Waals surface area contributed by atoms with Gasteiger partial charge in [0.25, 0.3) is 0 Å². The Balaban J connectivity index is 1.47. The number of rotatable bonds is 2. The molecule has 0 bridgehead atoms. The van der Waals surface area contributed by atoms with Crippen molar-refractivity contribution in [1.29, 1.82) is 0 Å². The van der Waals surface area contributed by atoms with Gasteiger partial charge in [-0.25, -0.2) is 0 Å². The lowest BCUT2D eigenvalue weighted by Crippen LogP contribution is -2.40. The smallest absolute Gasteiger partial charge is 0.225 e. The van der Waals surface area contributed by atoms with Crippen molar-refractivity contribution < 1.29 is 4.79 Å². The number of piperidine rings is 1. The van der Waals surface area contributed by atoms with Crippen molar-refractivity contribution in [2.75, 3.05) is 13.1 Å². The van der Waals surface area contributed by atoms with Crippen LogP contribution in [0.4, 0.5) is 0 Å². The Morgan fingerprint density at radius 2 is 1.91 bits per heavy atom. The van der Waals surface area contributed by atoms with Gasteiger partial charge in [-0.05, 0) is 49.3 Å². The van der Waals surface area contributed by atoms with Crippen LogP contribution < -0.4 is 0 Å². The Hall–Kier alpha value is -1.84. The predicted molar refractivity (Wildman–Crippen MR) is 91.2 cm³/mol. The second kappa shape index (κ2) is 5.99. The van der Waals surface area contributed by atoms with Gasteiger partial charge >= 0.3 is 0 Å². The molecule has 2 aromatic rings. The van der Waals surface area contributed by atoms with E-state index >= 15 is 0 Å². The standard InChI is InChI=1S/C19H25N3O/c1-21-13-16(18-17(21)7-4-10-20-18)14-8-11-22(12-9-14)19(23)15-5-2-3-6-15/h4,7,10,13-15H,2-3,5-6,8-9,11-12H2,1H3.